The Bertz CT molecular complexity index is 546. The largest absolute Gasteiger partial charge is 0.399 e. The van der Waals surface area contributed by atoms with Gasteiger partial charge in [-0.2, -0.15) is 0 Å². The quantitative estimate of drug-likeness (QED) is 0.453. The molecule has 120 valence electrons. The van der Waals surface area contributed by atoms with Crippen molar-refractivity contribution in [2.24, 2.45) is 11.1 Å². The molecule has 5 heteroatoms. The van der Waals surface area contributed by atoms with Crippen molar-refractivity contribution in [3.05, 3.63) is 33.4 Å². The van der Waals surface area contributed by atoms with Crippen LogP contribution in [0.25, 0.3) is 0 Å². The summed E-state index contributed by atoms with van der Waals surface area (Å²) >= 11 is 2.33. The van der Waals surface area contributed by atoms with Gasteiger partial charge in [-0.1, -0.05) is 24.2 Å². The first-order valence-electron chi connectivity index (χ1n) is 7.93. The molecule has 0 aliphatic carbocycles. The van der Waals surface area contributed by atoms with E-state index in [1.807, 2.05) is 0 Å². The molecule has 2 heterocycles. The lowest BCUT2D eigenvalue weighted by Gasteiger charge is -2.38. The molecule has 0 amide bonds. The second-order valence-corrected chi connectivity index (χ2v) is 7.48. The van der Waals surface area contributed by atoms with Crippen LogP contribution < -0.4 is 5.32 Å². The second kappa shape index (κ2) is 6.84. The molecule has 2 N–H and O–H groups in total. The van der Waals surface area contributed by atoms with Crippen molar-refractivity contribution in [3.63, 3.8) is 0 Å². The molecule has 3 rings (SSSR count). The predicted molar refractivity (Wildman–Crippen MR) is 96.1 cm³/mol. The van der Waals surface area contributed by atoms with E-state index in [9.17, 15) is 5.11 Å². The molecule has 0 radical (unpaired) electrons. The van der Waals surface area contributed by atoms with E-state index in [-0.39, 0.29) is 18.1 Å². The molecule has 2 fully saturated rings. The number of halogens is 1. The first-order chi connectivity index (χ1) is 10.6. The fourth-order valence-corrected chi connectivity index (χ4v) is 4.43. The Balaban J connectivity index is 1.98. The average Bonchev–Trinajstić information content (AvgIpc) is 2.81. The number of piperidine rings is 1. The van der Waals surface area contributed by atoms with E-state index in [4.69, 9.17) is 4.84 Å². The number of nitrogens with zero attached hydrogens (tertiary/aromatic N) is 1. The summed E-state index contributed by atoms with van der Waals surface area (Å²) in [6.07, 6.45) is 2.43. The molecule has 2 bridgehead atoms. The summed E-state index contributed by atoms with van der Waals surface area (Å²) in [7, 11) is 1.60. The first kappa shape index (κ1) is 16.2. The maximum atomic E-state index is 10.4. The van der Waals surface area contributed by atoms with Gasteiger partial charge in [0.25, 0.3) is 0 Å². The van der Waals surface area contributed by atoms with Gasteiger partial charge in [-0.3, -0.25) is 0 Å². The zero-order chi connectivity index (χ0) is 15.7. The van der Waals surface area contributed by atoms with Crippen molar-refractivity contribution in [1.82, 2.24) is 5.32 Å². The molecule has 0 saturated carbocycles. The van der Waals surface area contributed by atoms with Crippen molar-refractivity contribution in [2.45, 2.75) is 50.3 Å². The van der Waals surface area contributed by atoms with Gasteiger partial charge in [0.05, 0.1) is 11.8 Å². The highest BCUT2D eigenvalue weighted by Gasteiger charge is 2.48. The summed E-state index contributed by atoms with van der Waals surface area (Å²) in [5, 5.41) is 18.3. The Kier molecular flexibility index (Phi) is 5.04. The number of aliphatic hydroxyl groups is 1. The van der Waals surface area contributed by atoms with E-state index in [0.29, 0.717) is 12.0 Å². The van der Waals surface area contributed by atoms with Gasteiger partial charge in [0.1, 0.15) is 7.11 Å². The lowest BCUT2D eigenvalue weighted by Crippen LogP contribution is -2.50. The normalized spacial score (nSPS) is 34.7. The number of fused-ring (bicyclic) bond motifs is 2. The lowest BCUT2D eigenvalue weighted by atomic mass is 9.73. The van der Waals surface area contributed by atoms with Gasteiger partial charge in [-0.25, -0.2) is 0 Å². The van der Waals surface area contributed by atoms with E-state index < -0.39 is 0 Å². The van der Waals surface area contributed by atoms with Crippen LogP contribution in [0.1, 0.15) is 37.7 Å². The molecule has 2 saturated heterocycles. The summed E-state index contributed by atoms with van der Waals surface area (Å²) in [6.45, 7) is 2.11. The summed E-state index contributed by atoms with van der Waals surface area (Å²) < 4.78 is 1.25. The van der Waals surface area contributed by atoms with Crippen molar-refractivity contribution in [1.29, 1.82) is 0 Å². The zero-order valence-corrected chi connectivity index (χ0v) is 15.2. The SMILES string of the molecule is CCC(=NOC)[C@H]1[C@H](c2ccc(I)cc2)CC2CC(O)[C@@H]1N2. The zero-order valence-electron chi connectivity index (χ0n) is 13.0. The van der Waals surface area contributed by atoms with Crippen molar-refractivity contribution in [3.8, 4) is 0 Å². The molecule has 0 aromatic heterocycles. The molecular formula is C17H23IN2O2. The Morgan fingerprint density at radius 3 is 2.73 bits per heavy atom. The smallest absolute Gasteiger partial charge is 0.106 e. The Labute approximate surface area is 145 Å². The van der Waals surface area contributed by atoms with Gasteiger partial charge >= 0.3 is 0 Å². The Morgan fingerprint density at radius 2 is 2.09 bits per heavy atom. The fourth-order valence-electron chi connectivity index (χ4n) is 4.07. The molecular weight excluding hydrogens is 391 g/mol. The second-order valence-electron chi connectivity index (χ2n) is 6.23. The molecule has 2 aliphatic rings. The highest BCUT2D eigenvalue weighted by molar-refractivity contribution is 14.1. The number of rotatable bonds is 4. The van der Waals surface area contributed by atoms with Crippen LogP contribution in [0.2, 0.25) is 0 Å². The highest BCUT2D eigenvalue weighted by Crippen LogP contribution is 2.43. The molecule has 4 nitrogen and oxygen atoms in total. The maximum Gasteiger partial charge on any atom is 0.106 e. The minimum Gasteiger partial charge on any atom is -0.399 e. The lowest BCUT2D eigenvalue weighted by molar-refractivity contribution is 0.136. The monoisotopic (exact) mass is 414 g/mol. The third kappa shape index (κ3) is 3.03. The van der Waals surface area contributed by atoms with Crippen LogP contribution in [0.3, 0.4) is 0 Å². The number of oxime groups is 1. The van der Waals surface area contributed by atoms with Crippen molar-refractivity contribution < 1.29 is 9.94 Å². The summed E-state index contributed by atoms with van der Waals surface area (Å²) in [5.41, 5.74) is 2.39. The number of benzene rings is 1. The third-order valence-electron chi connectivity index (χ3n) is 4.98. The molecule has 5 atom stereocenters. The topological polar surface area (TPSA) is 53.9 Å². The van der Waals surface area contributed by atoms with Crippen LogP contribution >= 0.6 is 22.6 Å². The molecule has 1 aromatic rings. The Morgan fingerprint density at radius 1 is 1.36 bits per heavy atom. The highest BCUT2D eigenvalue weighted by atomic mass is 127. The molecule has 22 heavy (non-hydrogen) atoms. The Hall–Kier alpha value is -0.660. The standard InChI is InChI=1S/C17H23IN2O2/c1-3-14(20-22-2)16-13(10-4-6-11(18)7-5-10)8-12-9-15(21)17(16)19-12/h4-7,12-13,15-17,19,21H,3,8-9H2,1-2H3/t12?,13-,15?,16+,17-/m0/s1. The summed E-state index contributed by atoms with van der Waals surface area (Å²) in [6, 6.07) is 9.24. The van der Waals surface area contributed by atoms with E-state index in [1.165, 1.54) is 9.13 Å². The van der Waals surface area contributed by atoms with Gasteiger partial charge in [-0.05, 0) is 65.5 Å². The van der Waals surface area contributed by atoms with Gasteiger partial charge in [0.2, 0.25) is 0 Å². The van der Waals surface area contributed by atoms with Crippen LogP contribution in [-0.2, 0) is 4.84 Å². The van der Waals surface area contributed by atoms with Crippen LogP contribution in [0, 0.1) is 9.49 Å². The predicted octanol–water partition coefficient (Wildman–Crippen LogP) is 2.90. The summed E-state index contributed by atoms with van der Waals surface area (Å²) in [4.78, 5) is 5.07. The van der Waals surface area contributed by atoms with E-state index in [1.54, 1.807) is 7.11 Å². The fraction of sp³-hybridized carbons (Fsp3) is 0.588. The maximum absolute atomic E-state index is 10.4. The van der Waals surface area contributed by atoms with E-state index in [2.05, 4.69) is 64.3 Å². The van der Waals surface area contributed by atoms with Crippen LogP contribution in [-0.4, -0.2) is 36.1 Å². The van der Waals surface area contributed by atoms with Crippen molar-refractivity contribution >= 4 is 28.3 Å². The first-order valence-corrected chi connectivity index (χ1v) is 9.01. The van der Waals surface area contributed by atoms with Crippen molar-refractivity contribution in [2.75, 3.05) is 7.11 Å². The van der Waals surface area contributed by atoms with Crippen LogP contribution in [0.15, 0.2) is 29.4 Å². The third-order valence-corrected chi connectivity index (χ3v) is 5.70. The summed E-state index contributed by atoms with van der Waals surface area (Å²) in [5.74, 6) is 0.581. The van der Waals surface area contributed by atoms with Gasteiger partial charge in [0.15, 0.2) is 0 Å². The van der Waals surface area contributed by atoms with Gasteiger partial charge < -0.3 is 15.3 Å². The number of hydrogen-bond acceptors (Lipinski definition) is 4. The van der Waals surface area contributed by atoms with Gasteiger partial charge in [-0.15, -0.1) is 0 Å². The van der Waals surface area contributed by atoms with Crippen LogP contribution in [0.5, 0.6) is 0 Å². The van der Waals surface area contributed by atoms with Crippen LogP contribution in [0.4, 0.5) is 0 Å². The number of nitrogens with one attached hydrogen (secondary N) is 1. The molecule has 2 aliphatic heterocycles. The number of aliphatic hydroxyl groups excluding tert-OH is 1. The minimum absolute atomic E-state index is 0.0804. The van der Waals surface area contributed by atoms with E-state index in [0.717, 1.165) is 25.0 Å². The van der Waals surface area contributed by atoms with E-state index >= 15 is 0 Å². The average molecular weight is 414 g/mol. The van der Waals surface area contributed by atoms with Gasteiger partial charge in [0, 0.05) is 21.6 Å². The molecule has 0 spiro atoms. The number of hydrogen-bond donors (Lipinski definition) is 2. The molecule has 2 unspecified atom stereocenters. The molecule has 1 aromatic carbocycles. The minimum atomic E-state index is -0.294.